The van der Waals surface area contributed by atoms with E-state index in [1.54, 1.807) is 0 Å². The molecule has 4 N–H and O–H groups in total. The second kappa shape index (κ2) is 5.27. The summed E-state index contributed by atoms with van der Waals surface area (Å²) < 4.78 is 0. The summed E-state index contributed by atoms with van der Waals surface area (Å²) in [6, 6.07) is 8.27. The van der Waals surface area contributed by atoms with E-state index in [4.69, 9.17) is 11.5 Å². The third kappa shape index (κ3) is 3.03. The minimum Gasteiger partial charge on any atom is -0.329 e. The van der Waals surface area contributed by atoms with Gasteiger partial charge in [0.05, 0.1) is 0 Å². The number of benzene rings is 1. The molecule has 0 radical (unpaired) electrons. The molecular formula is C10H16N2S. The Bertz CT molecular complexity index is 246. The molecular weight excluding hydrogens is 180 g/mol. The summed E-state index contributed by atoms with van der Waals surface area (Å²) in [5, 5.41) is 0. The van der Waals surface area contributed by atoms with Crippen LogP contribution in [0.2, 0.25) is 0 Å². The van der Waals surface area contributed by atoms with Crippen molar-refractivity contribution in [3.63, 3.8) is 0 Å². The van der Waals surface area contributed by atoms with Crippen molar-refractivity contribution >= 4 is 11.8 Å². The molecule has 13 heavy (non-hydrogen) atoms. The second-order valence-electron chi connectivity index (χ2n) is 2.84. The normalized spacial score (nSPS) is 12.8. The van der Waals surface area contributed by atoms with Gasteiger partial charge in [-0.3, -0.25) is 0 Å². The quantitative estimate of drug-likeness (QED) is 0.721. The average molecular weight is 196 g/mol. The monoisotopic (exact) mass is 196 g/mol. The summed E-state index contributed by atoms with van der Waals surface area (Å²) in [7, 11) is 0. The van der Waals surface area contributed by atoms with Crippen molar-refractivity contribution in [2.45, 2.75) is 17.9 Å². The van der Waals surface area contributed by atoms with Crippen molar-refractivity contribution in [2.75, 3.05) is 12.3 Å². The van der Waals surface area contributed by atoms with E-state index >= 15 is 0 Å². The fourth-order valence-electron chi connectivity index (χ4n) is 1.11. The highest BCUT2D eigenvalue weighted by Gasteiger charge is 2.02. The summed E-state index contributed by atoms with van der Waals surface area (Å²) in [6.07, 6.45) is 0. The molecule has 0 aromatic heterocycles. The van der Waals surface area contributed by atoms with Crippen LogP contribution in [-0.4, -0.2) is 12.3 Å². The van der Waals surface area contributed by atoms with Crippen molar-refractivity contribution in [1.82, 2.24) is 0 Å². The molecule has 0 aliphatic rings. The number of thioether (sulfide) groups is 1. The highest BCUT2D eigenvalue weighted by molar-refractivity contribution is 7.99. The summed E-state index contributed by atoms with van der Waals surface area (Å²) >= 11 is 1.83. The molecule has 0 spiro atoms. The van der Waals surface area contributed by atoms with E-state index in [2.05, 4.69) is 31.2 Å². The standard InChI is InChI=1S/C10H16N2S/c1-2-13-9-5-3-8(4-6-9)10(12)7-11/h3-6,10H,2,7,11-12H2,1H3/t10-/m0/s1. The molecule has 1 rings (SSSR count). The maximum atomic E-state index is 5.79. The third-order valence-corrected chi connectivity index (χ3v) is 2.77. The van der Waals surface area contributed by atoms with E-state index in [1.807, 2.05) is 11.8 Å². The molecule has 0 aliphatic carbocycles. The van der Waals surface area contributed by atoms with Crippen LogP contribution in [-0.2, 0) is 0 Å². The minimum absolute atomic E-state index is 0.0272. The molecule has 1 aromatic rings. The van der Waals surface area contributed by atoms with Gasteiger partial charge in [-0.2, -0.15) is 0 Å². The first-order valence-corrected chi connectivity index (χ1v) is 5.45. The lowest BCUT2D eigenvalue weighted by molar-refractivity contribution is 0.736. The van der Waals surface area contributed by atoms with E-state index in [0.717, 1.165) is 11.3 Å². The average Bonchev–Trinajstić information content (AvgIpc) is 2.18. The largest absolute Gasteiger partial charge is 0.329 e. The Balaban J connectivity index is 2.69. The van der Waals surface area contributed by atoms with E-state index < -0.39 is 0 Å². The number of nitrogens with two attached hydrogens (primary N) is 2. The number of hydrogen-bond acceptors (Lipinski definition) is 3. The Labute approximate surface area is 83.7 Å². The molecule has 0 fully saturated rings. The molecule has 0 saturated heterocycles. The Morgan fingerprint density at radius 2 is 1.92 bits per heavy atom. The zero-order valence-corrected chi connectivity index (χ0v) is 8.68. The van der Waals surface area contributed by atoms with Crippen LogP contribution in [0, 0.1) is 0 Å². The van der Waals surface area contributed by atoms with Gasteiger partial charge in [0.1, 0.15) is 0 Å². The molecule has 0 saturated carbocycles. The van der Waals surface area contributed by atoms with Gasteiger partial charge in [0.25, 0.3) is 0 Å². The molecule has 1 aromatic carbocycles. The summed E-state index contributed by atoms with van der Waals surface area (Å²) in [5.74, 6) is 1.10. The van der Waals surface area contributed by atoms with Crippen molar-refractivity contribution in [2.24, 2.45) is 11.5 Å². The van der Waals surface area contributed by atoms with Gasteiger partial charge in [-0.05, 0) is 23.4 Å². The predicted octanol–water partition coefficient (Wildman–Crippen LogP) is 1.76. The molecule has 0 amide bonds. The third-order valence-electron chi connectivity index (χ3n) is 1.87. The fourth-order valence-corrected chi connectivity index (χ4v) is 1.78. The van der Waals surface area contributed by atoms with E-state index in [0.29, 0.717) is 6.54 Å². The van der Waals surface area contributed by atoms with Gasteiger partial charge >= 0.3 is 0 Å². The summed E-state index contributed by atoms with van der Waals surface area (Å²) in [6.45, 7) is 2.64. The summed E-state index contributed by atoms with van der Waals surface area (Å²) in [5.41, 5.74) is 12.4. The van der Waals surface area contributed by atoms with Gasteiger partial charge in [-0.25, -0.2) is 0 Å². The zero-order chi connectivity index (χ0) is 9.68. The minimum atomic E-state index is -0.0272. The van der Waals surface area contributed by atoms with Crippen LogP contribution in [0.1, 0.15) is 18.5 Å². The van der Waals surface area contributed by atoms with Crippen LogP contribution in [0.5, 0.6) is 0 Å². The molecule has 3 heteroatoms. The van der Waals surface area contributed by atoms with Crippen LogP contribution >= 0.6 is 11.8 Å². The summed E-state index contributed by atoms with van der Waals surface area (Å²) in [4.78, 5) is 1.29. The van der Waals surface area contributed by atoms with Crippen molar-refractivity contribution < 1.29 is 0 Å². The van der Waals surface area contributed by atoms with Crippen LogP contribution in [0.4, 0.5) is 0 Å². The predicted molar refractivity (Wildman–Crippen MR) is 58.8 cm³/mol. The Kier molecular flexibility index (Phi) is 4.28. The van der Waals surface area contributed by atoms with Gasteiger partial charge in [0, 0.05) is 17.5 Å². The Hall–Kier alpha value is -0.510. The van der Waals surface area contributed by atoms with Gasteiger partial charge in [-0.15, -0.1) is 11.8 Å². The Morgan fingerprint density at radius 3 is 2.38 bits per heavy atom. The highest BCUT2D eigenvalue weighted by Crippen LogP contribution is 2.19. The Morgan fingerprint density at radius 1 is 1.31 bits per heavy atom. The lowest BCUT2D eigenvalue weighted by Gasteiger charge is -2.09. The fraction of sp³-hybridized carbons (Fsp3) is 0.400. The van der Waals surface area contributed by atoms with E-state index in [1.165, 1.54) is 4.90 Å². The smallest absolute Gasteiger partial charge is 0.0419 e. The van der Waals surface area contributed by atoms with E-state index in [9.17, 15) is 0 Å². The van der Waals surface area contributed by atoms with Crippen molar-refractivity contribution in [1.29, 1.82) is 0 Å². The van der Waals surface area contributed by atoms with Gasteiger partial charge in [-0.1, -0.05) is 19.1 Å². The number of rotatable bonds is 4. The first kappa shape index (κ1) is 10.6. The SMILES string of the molecule is CCSc1ccc([C@@H](N)CN)cc1. The first-order chi connectivity index (χ1) is 6.27. The van der Waals surface area contributed by atoms with Crippen LogP contribution in [0.25, 0.3) is 0 Å². The maximum absolute atomic E-state index is 5.79. The molecule has 0 aliphatic heterocycles. The zero-order valence-electron chi connectivity index (χ0n) is 7.86. The molecule has 72 valence electrons. The number of hydrogen-bond donors (Lipinski definition) is 2. The topological polar surface area (TPSA) is 52.0 Å². The molecule has 2 nitrogen and oxygen atoms in total. The first-order valence-electron chi connectivity index (χ1n) is 4.46. The van der Waals surface area contributed by atoms with Crippen molar-refractivity contribution in [3.8, 4) is 0 Å². The van der Waals surface area contributed by atoms with Gasteiger partial charge < -0.3 is 11.5 Å². The second-order valence-corrected chi connectivity index (χ2v) is 4.18. The highest BCUT2D eigenvalue weighted by atomic mass is 32.2. The van der Waals surface area contributed by atoms with Gasteiger partial charge in [0.15, 0.2) is 0 Å². The lowest BCUT2D eigenvalue weighted by Crippen LogP contribution is -2.20. The molecule has 1 atom stereocenters. The van der Waals surface area contributed by atoms with E-state index in [-0.39, 0.29) is 6.04 Å². The van der Waals surface area contributed by atoms with Crippen LogP contribution in [0.3, 0.4) is 0 Å². The molecule has 0 bridgehead atoms. The van der Waals surface area contributed by atoms with Crippen LogP contribution < -0.4 is 11.5 Å². The molecule has 0 heterocycles. The van der Waals surface area contributed by atoms with Gasteiger partial charge in [0.2, 0.25) is 0 Å². The van der Waals surface area contributed by atoms with Crippen LogP contribution in [0.15, 0.2) is 29.2 Å². The van der Waals surface area contributed by atoms with Crippen molar-refractivity contribution in [3.05, 3.63) is 29.8 Å². The lowest BCUT2D eigenvalue weighted by atomic mass is 10.1. The maximum Gasteiger partial charge on any atom is 0.0419 e. The molecule has 0 unspecified atom stereocenters.